The molecule has 0 aliphatic carbocycles. The van der Waals surface area contributed by atoms with E-state index in [-0.39, 0.29) is 5.82 Å². The molecule has 1 aromatic carbocycles. The van der Waals surface area contributed by atoms with Gasteiger partial charge >= 0.3 is 0 Å². The number of halogens is 1. The maximum absolute atomic E-state index is 12.8. The number of nitrogens with zero attached hydrogens (tertiary/aromatic N) is 3. The summed E-state index contributed by atoms with van der Waals surface area (Å²) in [5.74, 6) is -0.810. The molecule has 20 heavy (non-hydrogen) atoms. The van der Waals surface area contributed by atoms with Gasteiger partial charge in [0.15, 0.2) is 5.65 Å². The summed E-state index contributed by atoms with van der Waals surface area (Å²) in [6, 6.07) is 9.15. The largest absolute Gasteiger partial charge is 0.279 e. The Balaban J connectivity index is 2.03. The Morgan fingerprint density at radius 3 is 2.75 bits per heavy atom. The molecule has 0 N–H and O–H groups in total. The summed E-state index contributed by atoms with van der Waals surface area (Å²) in [6.45, 7) is 1.95. The van der Waals surface area contributed by atoms with E-state index in [4.69, 9.17) is 0 Å². The second-order valence-electron chi connectivity index (χ2n) is 4.25. The highest BCUT2D eigenvalue weighted by Gasteiger charge is 2.06. The molecule has 0 fully saturated rings. The van der Waals surface area contributed by atoms with E-state index in [0.29, 0.717) is 10.4 Å². The van der Waals surface area contributed by atoms with Crippen molar-refractivity contribution in [3.05, 3.63) is 64.3 Å². The molecule has 6 heteroatoms. The maximum Gasteiger partial charge on any atom is 0.279 e. The fourth-order valence-electron chi connectivity index (χ4n) is 1.78. The highest BCUT2D eigenvalue weighted by atomic mass is 32.1. The molecule has 0 spiro atoms. The molecule has 4 nitrogen and oxygen atoms in total. The van der Waals surface area contributed by atoms with Gasteiger partial charge in [0.05, 0.1) is 0 Å². The lowest BCUT2D eigenvalue weighted by molar-refractivity contribution is 0.0998. The third-order valence-corrected chi connectivity index (χ3v) is 3.64. The number of amides is 1. The van der Waals surface area contributed by atoms with E-state index in [1.54, 1.807) is 0 Å². The molecule has 0 aliphatic heterocycles. The summed E-state index contributed by atoms with van der Waals surface area (Å²) in [5, 5.41) is 0. The normalized spacial score (nSPS) is 12.0. The van der Waals surface area contributed by atoms with E-state index in [2.05, 4.69) is 9.98 Å². The van der Waals surface area contributed by atoms with Crippen LogP contribution in [0.15, 0.2) is 47.6 Å². The molecule has 0 unspecified atom stereocenters. The lowest BCUT2D eigenvalue weighted by Gasteiger charge is -1.92. The Kier molecular flexibility index (Phi) is 3.15. The van der Waals surface area contributed by atoms with Gasteiger partial charge in [-0.15, -0.1) is 0 Å². The van der Waals surface area contributed by atoms with Crippen LogP contribution in [0, 0.1) is 12.7 Å². The van der Waals surface area contributed by atoms with Crippen molar-refractivity contribution < 1.29 is 9.18 Å². The summed E-state index contributed by atoms with van der Waals surface area (Å²) >= 11 is 1.28. The fraction of sp³-hybridized carbons (Fsp3) is 0.0714. The summed E-state index contributed by atoms with van der Waals surface area (Å²) in [7, 11) is 0. The minimum absolute atomic E-state index is 0.340. The molecular weight excluding hydrogens is 277 g/mol. The van der Waals surface area contributed by atoms with Gasteiger partial charge in [-0.3, -0.25) is 8.58 Å². The molecule has 1 amide bonds. The number of benzene rings is 1. The van der Waals surface area contributed by atoms with Crippen LogP contribution in [0.3, 0.4) is 0 Å². The fourth-order valence-corrected chi connectivity index (χ4v) is 2.61. The van der Waals surface area contributed by atoms with Gasteiger partial charge in [-0.1, -0.05) is 6.07 Å². The van der Waals surface area contributed by atoms with E-state index in [9.17, 15) is 9.18 Å². The summed E-state index contributed by atoms with van der Waals surface area (Å²) in [6.07, 6.45) is 1.86. The number of carbonyl (C=O) groups excluding carboxylic acids is 1. The van der Waals surface area contributed by atoms with E-state index in [1.165, 1.54) is 35.8 Å². The lowest BCUT2D eigenvalue weighted by atomic mass is 10.2. The van der Waals surface area contributed by atoms with Gasteiger partial charge < -0.3 is 0 Å². The average molecular weight is 287 g/mol. The second-order valence-corrected chi connectivity index (χ2v) is 5.19. The molecule has 0 bridgehead atoms. The van der Waals surface area contributed by atoms with Crippen LogP contribution in [0.2, 0.25) is 0 Å². The monoisotopic (exact) mass is 287 g/mol. The predicted octanol–water partition coefficient (Wildman–Crippen LogP) is 2.58. The van der Waals surface area contributed by atoms with Gasteiger partial charge in [-0.2, -0.15) is 9.98 Å². The van der Waals surface area contributed by atoms with Crippen LogP contribution in [-0.2, 0) is 0 Å². The molecule has 100 valence electrons. The molecule has 0 atom stereocenters. The molecule has 0 saturated carbocycles. The first-order valence-corrected chi connectivity index (χ1v) is 6.71. The smallest absolute Gasteiger partial charge is 0.267 e. The minimum atomic E-state index is -0.428. The van der Waals surface area contributed by atoms with E-state index in [1.807, 2.05) is 29.0 Å². The average Bonchev–Trinajstić information content (AvgIpc) is 2.83. The first-order valence-electron chi connectivity index (χ1n) is 5.93. The van der Waals surface area contributed by atoms with Crippen LogP contribution >= 0.6 is 11.5 Å². The Hall–Kier alpha value is -2.34. The van der Waals surface area contributed by atoms with Crippen molar-refractivity contribution >= 4 is 23.1 Å². The number of rotatable bonds is 1. The van der Waals surface area contributed by atoms with E-state index < -0.39 is 5.91 Å². The van der Waals surface area contributed by atoms with Gasteiger partial charge in [0, 0.05) is 11.8 Å². The van der Waals surface area contributed by atoms with Crippen molar-refractivity contribution in [2.75, 3.05) is 0 Å². The Morgan fingerprint density at radius 1 is 1.30 bits per heavy atom. The first-order chi connectivity index (χ1) is 9.63. The quantitative estimate of drug-likeness (QED) is 0.690. The molecular formula is C14H10FN3OS. The van der Waals surface area contributed by atoms with Crippen molar-refractivity contribution in [2.45, 2.75) is 6.92 Å². The Bertz CT molecular complexity index is 849. The molecule has 2 heterocycles. The number of hydrogen-bond acceptors (Lipinski definition) is 3. The van der Waals surface area contributed by atoms with Crippen molar-refractivity contribution in [1.82, 2.24) is 8.77 Å². The van der Waals surface area contributed by atoms with Crippen LogP contribution in [-0.4, -0.2) is 14.7 Å². The molecule has 0 aliphatic rings. The third kappa shape index (κ3) is 2.37. The van der Waals surface area contributed by atoms with E-state index >= 15 is 0 Å². The number of fused-ring (bicyclic) bond motifs is 1. The minimum Gasteiger partial charge on any atom is -0.267 e. The first kappa shape index (κ1) is 12.7. The number of aromatic nitrogens is 2. The summed E-state index contributed by atoms with van der Waals surface area (Å²) < 4.78 is 14.7. The number of pyridine rings is 1. The second kappa shape index (κ2) is 4.97. The SMILES string of the molecule is Cc1cccn2sc(=NC(=O)c3ccc(F)cc3)nc12. The van der Waals surface area contributed by atoms with Crippen molar-refractivity contribution in [3.63, 3.8) is 0 Å². The van der Waals surface area contributed by atoms with Gasteiger partial charge in [-0.05, 0) is 54.4 Å². The van der Waals surface area contributed by atoms with Crippen LogP contribution in [0.4, 0.5) is 4.39 Å². The van der Waals surface area contributed by atoms with E-state index in [0.717, 1.165) is 11.2 Å². The Morgan fingerprint density at radius 2 is 2.05 bits per heavy atom. The maximum atomic E-state index is 12.8. The zero-order valence-electron chi connectivity index (χ0n) is 10.6. The third-order valence-electron chi connectivity index (χ3n) is 2.80. The predicted molar refractivity (Wildman–Crippen MR) is 74.1 cm³/mol. The van der Waals surface area contributed by atoms with Crippen molar-refractivity contribution in [3.8, 4) is 0 Å². The molecule has 3 rings (SSSR count). The highest BCUT2D eigenvalue weighted by molar-refractivity contribution is 7.03. The molecule has 2 aromatic heterocycles. The highest BCUT2D eigenvalue weighted by Crippen LogP contribution is 2.08. The molecule has 0 saturated heterocycles. The van der Waals surface area contributed by atoms with Gasteiger partial charge in [0.1, 0.15) is 5.82 Å². The van der Waals surface area contributed by atoms with Gasteiger partial charge in [-0.25, -0.2) is 4.39 Å². The molecule has 3 aromatic rings. The topological polar surface area (TPSA) is 46.7 Å². The lowest BCUT2D eigenvalue weighted by Crippen LogP contribution is -2.05. The van der Waals surface area contributed by atoms with Crippen molar-refractivity contribution in [1.29, 1.82) is 0 Å². The van der Waals surface area contributed by atoms with Gasteiger partial charge in [0.2, 0.25) is 4.80 Å². The standard InChI is InChI=1S/C14H10FN3OS/c1-9-3-2-8-18-12(9)16-14(20-18)17-13(19)10-4-6-11(15)7-5-10/h2-8H,1H3. The van der Waals surface area contributed by atoms with Crippen LogP contribution in [0.5, 0.6) is 0 Å². The number of hydrogen-bond donors (Lipinski definition) is 0. The summed E-state index contributed by atoms with van der Waals surface area (Å²) in [4.78, 5) is 20.6. The number of aryl methyl sites for hydroxylation is 1. The van der Waals surface area contributed by atoms with Crippen molar-refractivity contribution in [2.24, 2.45) is 4.99 Å². The number of carbonyl (C=O) groups is 1. The zero-order chi connectivity index (χ0) is 14.1. The van der Waals surface area contributed by atoms with Crippen LogP contribution in [0.1, 0.15) is 15.9 Å². The van der Waals surface area contributed by atoms with Crippen LogP contribution in [0.25, 0.3) is 5.65 Å². The van der Waals surface area contributed by atoms with Crippen LogP contribution < -0.4 is 4.80 Å². The molecule has 0 radical (unpaired) electrons. The van der Waals surface area contributed by atoms with Gasteiger partial charge in [0.25, 0.3) is 5.91 Å². The Labute approximate surface area is 118 Å². The zero-order valence-corrected chi connectivity index (χ0v) is 11.4. The summed E-state index contributed by atoms with van der Waals surface area (Å²) in [5.41, 5.74) is 2.13.